The molecule has 2 rings (SSSR count). The number of nitrogen functional groups attached to an aromatic ring is 1. The first-order valence-electron chi connectivity index (χ1n) is 5.61. The van der Waals surface area contributed by atoms with Crippen molar-refractivity contribution in [3.05, 3.63) is 28.2 Å². The van der Waals surface area contributed by atoms with Crippen LogP contribution in [-0.2, 0) is 0 Å². The van der Waals surface area contributed by atoms with Crippen LogP contribution in [0.2, 0.25) is 0 Å². The Morgan fingerprint density at radius 3 is 2.53 bits per heavy atom. The molecule has 0 spiro atoms. The van der Waals surface area contributed by atoms with Crippen molar-refractivity contribution < 1.29 is 0 Å². The number of nitrogens with zero attached hydrogens (tertiary/aromatic N) is 1. The van der Waals surface area contributed by atoms with Crippen LogP contribution in [0.25, 0.3) is 0 Å². The lowest BCUT2D eigenvalue weighted by Gasteiger charge is -2.30. The standard InChI is InChI=1S/C12H18N2O/c1-8(2)14-11(9-4-3-5-9)6-10(13)7-12(14)15/h6-9H,3-5,13H2,1-2H3. The van der Waals surface area contributed by atoms with Gasteiger partial charge in [-0.1, -0.05) is 6.42 Å². The third-order valence-corrected chi connectivity index (χ3v) is 3.16. The molecule has 2 N–H and O–H groups in total. The van der Waals surface area contributed by atoms with Gasteiger partial charge in [0.2, 0.25) is 0 Å². The van der Waals surface area contributed by atoms with Crippen molar-refractivity contribution >= 4 is 5.69 Å². The Hall–Kier alpha value is -1.25. The summed E-state index contributed by atoms with van der Waals surface area (Å²) >= 11 is 0. The summed E-state index contributed by atoms with van der Waals surface area (Å²) in [4.78, 5) is 11.8. The van der Waals surface area contributed by atoms with Crippen LogP contribution in [0.5, 0.6) is 0 Å². The molecule has 1 aromatic heterocycles. The molecule has 1 aliphatic rings. The van der Waals surface area contributed by atoms with Gasteiger partial charge in [-0.3, -0.25) is 4.79 Å². The molecule has 15 heavy (non-hydrogen) atoms. The second kappa shape index (κ2) is 3.72. The average molecular weight is 206 g/mol. The largest absolute Gasteiger partial charge is 0.399 e. The third kappa shape index (κ3) is 1.78. The van der Waals surface area contributed by atoms with Gasteiger partial charge >= 0.3 is 0 Å². The topological polar surface area (TPSA) is 48.0 Å². The van der Waals surface area contributed by atoms with E-state index in [2.05, 4.69) is 0 Å². The summed E-state index contributed by atoms with van der Waals surface area (Å²) in [5.74, 6) is 0.545. The fourth-order valence-electron chi connectivity index (χ4n) is 2.19. The minimum absolute atomic E-state index is 0.0342. The number of hydrogen-bond acceptors (Lipinski definition) is 2. The number of anilines is 1. The van der Waals surface area contributed by atoms with Crippen molar-refractivity contribution in [1.82, 2.24) is 4.57 Å². The molecule has 0 aliphatic heterocycles. The molecule has 1 aromatic rings. The van der Waals surface area contributed by atoms with E-state index in [1.165, 1.54) is 25.3 Å². The molecule has 0 bridgehead atoms. The zero-order chi connectivity index (χ0) is 11.0. The number of rotatable bonds is 2. The Morgan fingerprint density at radius 1 is 1.40 bits per heavy atom. The second-order valence-corrected chi connectivity index (χ2v) is 4.64. The monoisotopic (exact) mass is 206 g/mol. The van der Waals surface area contributed by atoms with E-state index in [1.54, 1.807) is 0 Å². The molecule has 3 heteroatoms. The fraction of sp³-hybridized carbons (Fsp3) is 0.583. The fourth-order valence-corrected chi connectivity index (χ4v) is 2.19. The molecule has 0 radical (unpaired) electrons. The summed E-state index contributed by atoms with van der Waals surface area (Å²) in [5, 5.41) is 0. The van der Waals surface area contributed by atoms with E-state index in [9.17, 15) is 4.79 Å². The molecule has 1 saturated carbocycles. The van der Waals surface area contributed by atoms with Gasteiger partial charge < -0.3 is 10.3 Å². The number of pyridine rings is 1. The van der Waals surface area contributed by atoms with E-state index in [-0.39, 0.29) is 11.6 Å². The molecule has 1 aliphatic carbocycles. The van der Waals surface area contributed by atoms with E-state index in [0.29, 0.717) is 11.6 Å². The number of aromatic nitrogens is 1. The lowest BCUT2D eigenvalue weighted by Crippen LogP contribution is -2.28. The number of hydrogen-bond donors (Lipinski definition) is 1. The molecule has 0 atom stereocenters. The van der Waals surface area contributed by atoms with Gasteiger partial charge in [0, 0.05) is 23.5 Å². The van der Waals surface area contributed by atoms with Gasteiger partial charge in [0.15, 0.2) is 0 Å². The van der Waals surface area contributed by atoms with Crippen molar-refractivity contribution in [2.24, 2.45) is 0 Å². The van der Waals surface area contributed by atoms with E-state index >= 15 is 0 Å². The number of nitrogens with two attached hydrogens (primary N) is 1. The summed E-state index contributed by atoms with van der Waals surface area (Å²) in [6, 6.07) is 3.70. The Morgan fingerprint density at radius 2 is 2.07 bits per heavy atom. The Bertz CT molecular complexity index is 416. The smallest absolute Gasteiger partial charge is 0.253 e. The maximum absolute atomic E-state index is 11.8. The SMILES string of the molecule is CC(C)n1c(C2CCC2)cc(N)cc1=O. The van der Waals surface area contributed by atoms with Crippen molar-refractivity contribution in [3.63, 3.8) is 0 Å². The minimum atomic E-state index is 0.0342. The molecule has 1 fully saturated rings. The zero-order valence-electron chi connectivity index (χ0n) is 9.36. The summed E-state index contributed by atoms with van der Waals surface area (Å²) in [7, 11) is 0. The second-order valence-electron chi connectivity index (χ2n) is 4.64. The molecule has 0 amide bonds. The predicted molar refractivity (Wildman–Crippen MR) is 62.1 cm³/mol. The van der Waals surface area contributed by atoms with Crippen molar-refractivity contribution in [2.45, 2.75) is 45.1 Å². The molecule has 0 aromatic carbocycles. The Kier molecular flexibility index (Phi) is 2.55. The maximum Gasteiger partial charge on any atom is 0.253 e. The van der Waals surface area contributed by atoms with E-state index in [0.717, 1.165) is 5.69 Å². The summed E-state index contributed by atoms with van der Waals surface area (Å²) < 4.78 is 1.88. The van der Waals surface area contributed by atoms with Crippen LogP contribution in [0.3, 0.4) is 0 Å². The highest BCUT2D eigenvalue weighted by atomic mass is 16.1. The van der Waals surface area contributed by atoms with Crippen molar-refractivity contribution in [1.29, 1.82) is 0 Å². The highest BCUT2D eigenvalue weighted by Crippen LogP contribution is 2.37. The first-order chi connectivity index (χ1) is 7.09. The lowest BCUT2D eigenvalue weighted by molar-refractivity contribution is 0.382. The summed E-state index contributed by atoms with van der Waals surface area (Å²) in [6.45, 7) is 4.08. The normalized spacial score (nSPS) is 16.7. The van der Waals surface area contributed by atoms with E-state index in [1.807, 2.05) is 24.5 Å². The van der Waals surface area contributed by atoms with Crippen LogP contribution in [0.15, 0.2) is 16.9 Å². The summed E-state index contributed by atoms with van der Waals surface area (Å²) in [5.41, 5.74) is 7.49. The van der Waals surface area contributed by atoms with Crippen LogP contribution in [-0.4, -0.2) is 4.57 Å². The molecule has 1 heterocycles. The van der Waals surface area contributed by atoms with Gasteiger partial charge in [-0.05, 0) is 38.7 Å². The van der Waals surface area contributed by atoms with Crippen LogP contribution < -0.4 is 11.3 Å². The molecule has 3 nitrogen and oxygen atoms in total. The molecular formula is C12H18N2O. The highest BCUT2D eigenvalue weighted by molar-refractivity contribution is 5.39. The van der Waals surface area contributed by atoms with E-state index < -0.39 is 0 Å². The van der Waals surface area contributed by atoms with Crippen molar-refractivity contribution in [2.75, 3.05) is 5.73 Å². The first kappa shape index (κ1) is 10.3. The molecule has 0 unspecified atom stereocenters. The molecule has 0 saturated heterocycles. The highest BCUT2D eigenvalue weighted by Gasteiger charge is 2.24. The van der Waals surface area contributed by atoms with Crippen LogP contribution in [0.1, 0.15) is 50.8 Å². The minimum Gasteiger partial charge on any atom is -0.399 e. The quantitative estimate of drug-likeness (QED) is 0.807. The van der Waals surface area contributed by atoms with Crippen molar-refractivity contribution in [3.8, 4) is 0 Å². The van der Waals surface area contributed by atoms with Gasteiger partial charge in [-0.25, -0.2) is 0 Å². The van der Waals surface area contributed by atoms with Gasteiger partial charge in [0.1, 0.15) is 0 Å². The molecule has 82 valence electrons. The lowest BCUT2D eigenvalue weighted by atomic mass is 9.82. The zero-order valence-corrected chi connectivity index (χ0v) is 9.36. The maximum atomic E-state index is 11.8. The Labute approximate surface area is 89.9 Å². The van der Waals surface area contributed by atoms with Crippen LogP contribution >= 0.6 is 0 Å². The predicted octanol–water partition coefficient (Wildman–Crippen LogP) is 2.28. The van der Waals surface area contributed by atoms with Gasteiger partial charge in [0.25, 0.3) is 5.56 Å². The average Bonchev–Trinajstić information content (AvgIpc) is 1.97. The van der Waals surface area contributed by atoms with Gasteiger partial charge in [-0.2, -0.15) is 0 Å². The Balaban J connectivity index is 2.53. The van der Waals surface area contributed by atoms with Crippen LogP contribution in [0, 0.1) is 0 Å². The van der Waals surface area contributed by atoms with Crippen LogP contribution in [0.4, 0.5) is 5.69 Å². The van der Waals surface area contributed by atoms with Gasteiger partial charge in [-0.15, -0.1) is 0 Å². The van der Waals surface area contributed by atoms with E-state index in [4.69, 9.17) is 5.73 Å². The molecular weight excluding hydrogens is 188 g/mol. The van der Waals surface area contributed by atoms with Gasteiger partial charge in [0.05, 0.1) is 0 Å². The first-order valence-corrected chi connectivity index (χ1v) is 5.61. The third-order valence-electron chi connectivity index (χ3n) is 3.16. The summed E-state index contributed by atoms with van der Waals surface area (Å²) in [6.07, 6.45) is 3.65.